The summed E-state index contributed by atoms with van der Waals surface area (Å²) in [6.45, 7) is -0.932. The van der Waals surface area contributed by atoms with Crippen molar-refractivity contribution in [1.29, 1.82) is 0 Å². The molecule has 0 saturated heterocycles. The molecule has 1 heterocycles. The number of hydrogen-bond acceptors (Lipinski definition) is 5. The summed E-state index contributed by atoms with van der Waals surface area (Å²) in [6, 6.07) is 22.8. The zero-order chi connectivity index (χ0) is 21.1. The van der Waals surface area contributed by atoms with Gasteiger partial charge in [-0.1, -0.05) is 36.4 Å². The molecule has 3 aromatic carbocycles. The van der Waals surface area contributed by atoms with Crippen LogP contribution in [0.25, 0.3) is 11.1 Å². The third-order valence-corrected chi connectivity index (χ3v) is 7.13. The second kappa shape index (κ2) is 8.86. The van der Waals surface area contributed by atoms with E-state index in [2.05, 4.69) is 5.10 Å². The molecule has 0 N–H and O–H groups in total. The lowest BCUT2D eigenvalue weighted by Gasteiger charge is -2.19. The minimum absolute atomic E-state index is 0.585. The van der Waals surface area contributed by atoms with E-state index < -0.39 is 11.4 Å². The Kier molecular flexibility index (Phi) is 6.21. The van der Waals surface area contributed by atoms with Crippen LogP contribution in [0.2, 0.25) is 0 Å². The molecule has 9 heteroatoms. The van der Waals surface area contributed by atoms with Crippen molar-refractivity contribution >= 4 is 45.4 Å². The second-order valence-corrected chi connectivity index (χ2v) is 14.1. The fraction of sp³-hybridized carbons (Fsp3) is 0.0952. The first-order valence-electron chi connectivity index (χ1n) is 8.96. The van der Waals surface area contributed by atoms with Gasteiger partial charge in [-0.05, 0) is 76.3 Å². The molecule has 0 bridgehead atoms. The van der Waals surface area contributed by atoms with Crippen molar-refractivity contribution in [3.63, 3.8) is 0 Å². The van der Waals surface area contributed by atoms with Crippen molar-refractivity contribution in [2.24, 2.45) is 5.10 Å². The van der Waals surface area contributed by atoms with Crippen LogP contribution in [0, 0.1) is 0 Å². The molecule has 0 aromatic heterocycles. The van der Waals surface area contributed by atoms with E-state index >= 15 is 0 Å². The van der Waals surface area contributed by atoms with Crippen LogP contribution >= 0.6 is 27.4 Å². The number of hydrazone groups is 1. The number of nitrogens with zero attached hydrogens (tertiary/aromatic N) is 2. The predicted octanol–water partition coefficient (Wildman–Crippen LogP) is 6.46. The lowest BCUT2D eigenvalue weighted by Crippen LogP contribution is -2.29. The molecule has 0 unspecified atom stereocenters. The molecule has 0 aliphatic carbocycles. The number of halogens is 2. The van der Waals surface area contributed by atoms with Crippen molar-refractivity contribution in [2.45, 2.75) is 6.48 Å². The number of hydrogen-bond donors (Lipinski definition) is 0. The van der Waals surface area contributed by atoms with Gasteiger partial charge in [-0.2, -0.15) is 5.10 Å². The van der Waals surface area contributed by atoms with Crippen molar-refractivity contribution in [3.8, 4) is 28.4 Å². The standard InChI is InChI=1S/C21H17Cl2N2O3PS/c1-25(29(22,23)30)24-14-15-10-12-16(13-11-15)26-21-27-19-8-4-2-6-17(19)18-7-3-5-9-20(18)28-21/h2-14,21H,1H3/b24-14+. The number of para-hydroxylation sites is 2. The Morgan fingerprint density at radius 2 is 1.47 bits per heavy atom. The van der Waals surface area contributed by atoms with E-state index in [1.165, 1.54) is 4.78 Å². The quantitative estimate of drug-likeness (QED) is 0.239. The number of benzene rings is 3. The SMILES string of the molecule is CN(/N=C/c1ccc(OC2Oc3ccccc3-c3ccccc3O2)cc1)P(=S)(Cl)Cl. The molecule has 0 amide bonds. The zero-order valence-electron chi connectivity index (χ0n) is 15.8. The average molecular weight is 479 g/mol. The maximum Gasteiger partial charge on any atom is 0.406 e. The lowest BCUT2D eigenvalue weighted by atomic mass is 10.0. The van der Waals surface area contributed by atoms with Crippen LogP contribution in [0.5, 0.6) is 17.2 Å². The van der Waals surface area contributed by atoms with Gasteiger partial charge in [-0.15, -0.1) is 0 Å². The molecule has 4 rings (SSSR count). The molecule has 1 aliphatic rings. The van der Waals surface area contributed by atoms with Crippen LogP contribution in [0.1, 0.15) is 5.56 Å². The molecule has 0 radical (unpaired) electrons. The Morgan fingerprint density at radius 1 is 0.933 bits per heavy atom. The van der Waals surface area contributed by atoms with Gasteiger partial charge in [0.05, 0.1) is 6.21 Å². The smallest absolute Gasteiger partial charge is 0.406 e. The number of fused-ring (bicyclic) bond motifs is 3. The summed E-state index contributed by atoms with van der Waals surface area (Å²) < 4.78 is 19.3. The summed E-state index contributed by atoms with van der Waals surface area (Å²) in [5.74, 6) is 1.97. The van der Waals surface area contributed by atoms with Crippen molar-refractivity contribution < 1.29 is 14.2 Å². The minimum atomic E-state index is -2.63. The maximum atomic E-state index is 5.98. The first-order chi connectivity index (χ1) is 14.4. The number of rotatable bonds is 5. The summed E-state index contributed by atoms with van der Waals surface area (Å²) in [5.41, 5.74) is 2.74. The third kappa shape index (κ3) is 4.90. The summed E-state index contributed by atoms with van der Waals surface area (Å²) >= 11 is 16.9. The molecule has 30 heavy (non-hydrogen) atoms. The van der Waals surface area contributed by atoms with Crippen LogP contribution in [-0.4, -0.2) is 24.5 Å². The van der Waals surface area contributed by atoms with Crippen LogP contribution in [-0.2, 0) is 11.8 Å². The van der Waals surface area contributed by atoms with Crippen molar-refractivity contribution in [2.75, 3.05) is 7.05 Å². The van der Waals surface area contributed by atoms with E-state index in [0.717, 1.165) is 16.7 Å². The van der Waals surface area contributed by atoms with Gasteiger partial charge < -0.3 is 14.2 Å². The highest BCUT2D eigenvalue weighted by Crippen LogP contribution is 2.59. The van der Waals surface area contributed by atoms with E-state index in [1.54, 1.807) is 25.4 Å². The second-order valence-electron chi connectivity index (χ2n) is 6.37. The highest BCUT2D eigenvalue weighted by Gasteiger charge is 2.24. The van der Waals surface area contributed by atoms with E-state index in [4.69, 9.17) is 48.5 Å². The Labute approximate surface area is 189 Å². The van der Waals surface area contributed by atoms with Crippen molar-refractivity contribution in [3.05, 3.63) is 78.4 Å². The fourth-order valence-corrected chi connectivity index (χ4v) is 3.35. The van der Waals surface area contributed by atoms with Gasteiger partial charge in [0.2, 0.25) is 4.89 Å². The molecule has 0 spiro atoms. The predicted molar refractivity (Wildman–Crippen MR) is 125 cm³/mol. The Hall–Kier alpha value is -2.24. The van der Waals surface area contributed by atoms with Gasteiger partial charge in [0.25, 0.3) is 0 Å². The molecule has 154 valence electrons. The molecular formula is C21H17Cl2N2O3PS. The van der Waals surface area contributed by atoms with Crippen molar-refractivity contribution in [1.82, 2.24) is 4.78 Å². The third-order valence-electron chi connectivity index (χ3n) is 4.33. The topological polar surface area (TPSA) is 43.3 Å². The van der Waals surface area contributed by atoms with Crippen LogP contribution < -0.4 is 14.2 Å². The highest BCUT2D eigenvalue weighted by molar-refractivity contribution is 8.37. The molecule has 3 aromatic rings. The first kappa shape index (κ1) is 21.0. The molecular weight excluding hydrogens is 462 g/mol. The Bertz CT molecular complexity index is 1070. The summed E-state index contributed by atoms with van der Waals surface area (Å²) in [7, 11) is 1.64. The van der Waals surface area contributed by atoms with Gasteiger partial charge in [0.1, 0.15) is 17.2 Å². The van der Waals surface area contributed by atoms with Crippen LogP contribution in [0.4, 0.5) is 0 Å². The highest BCUT2D eigenvalue weighted by atomic mass is 35.9. The van der Waals surface area contributed by atoms with Crippen LogP contribution in [0.15, 0.2) is 77.9 Å². The summed E-state index contributed by atoms with van der Waals surface area (Å²) in [5, 5.41) is 4.17. The number of ether oxygens (including phenoxy) is 3. The van der Waals surface area contributed by atoms with E-state index in [0.29, 0.717) is 17.2 Å². The first-order valence-corrected chi connectivity index (χ1v) is 13.5. The molecule has 5 nitrogen and oxygen atoms in total. The Balaban J connectivity index is 1.51. The van der Waals surface area contributed by atoms with E-state index in [1.807, 2.05) is 60.7 Å². The zero-order valence-corrected chi connectivity index (χ0v) is 19.0. The largest absolute Gasteiger partial charge is 0.423 e. The molecule has 1 aliphatic heterocycles. The monoisotopic (exact) mass is 478 g/mol. The lowest BCUT2D eigenvalue weighted by molar-refractivity contribution is -0.138. The molecule has 0 saturated carbocycles. The minimum Gasteiger partial charge on any atom is -0.423 e. The molecule has 0 atom stereocenters. The summed E-state index contributed by atoms with van der Waals surface area (Å²) in [6.07, 6.45) is 1.63. The molecule has 0 fully saturated rings. The normalized spacial score (nSPS) is 13.6. The van der Waals surface area contributed by atoms with E-state index in [-0.39, 0.29) is 0 Å². The van der Waals surface area contributed by atoms with Gasteiger partial charge >= 0.3 is 6.48 Å². The van der Waals surface area contributed by atoms with Gasteiger partial charge in [0.15, 0.2) is 0 Å². The van der Waals surface area contributed by atoms with Crippen LogP contribution in [0.3, 0.4) is 0 Å². The van der Waals surface area contributed by atoms with Gasteiger partial charge in [-0.25, -0.2) is 4.78 Å². The van der Waals surface area contributed by atoms with E-state index in [9.17, 15) is 0 Å². The fourth-order valence-electron chi connectivity index (χ4n) is 2.82. The van der Waals surface area contributed by atoms with Gasteiger partial charge in [-0.3, -0.25) is 0 Å². The average Bonchev–Trinajstić information content (AvgIpc) is 2.88. The Morgan fingerprint density at radius 3 is 2.00 bits per heavy atom. The van der Waals surface area contributed by atoms with Gasteiger partial charge in [0, 0.05) is 18.2 Å². The maximum absolute atomic E-state index is 5.98. The summed E-state index contributed by atoms with van der Waals surface area (Å²) in [4.78, 5) is -2.63.